The van der Waals surface area contributed by atoms with Crippen molar-refractivity contribution in [3.8, 4) is 0 Å². The summed E-state index contributed by atoms with van der Waals surface area (Å²) in [7, 11) is -1.97. The van der Waals surface area contributed by atoms with E-state index < -0.39 is 7.14 Å². The fourth-order valence-corrected chi connectivity index (χ4v) is 1.66. The predicted octanol–water partition coefficient (Wildman–Crippen LogP) is 1.12. The minimum absolute atomic E-state index is 0.150. The van der Waals surface area contributed by atoms with Crippen LogP contribution in [0.4, 0.5) is 0 Å². The van der Waals surface area contributed by atoms with Gasteiger partial charge in [-0.25, -0.2) is 0 Å². The van der Waals surface area contributed by atoms with E-state index in [4.69, 9.17) is 5.73 Å². The van der Waals surface area contributed by atoms with E-state index in [2.05, 4.69) is 0 Å². The normalized spacial score (nSPS) is 14.5. The summed E-state index contributed by atoms with van der Waals surface area (Å²) in [5, 5.41) is 0. The van der Waals surface area contributed by atoms with Crippen molar-refractivity contribution in [2.45, 2.75) is 13.3 Å². The zero-order valence-electron chi connectivity index (χ0n) is 7.33. The van der Waals surface area contributed by atoms with Crippen molar-refractivity contribution in [1.82, 2.24) is 0 Å². The number of hydrogen-bond acceptors (Lipinski definition) is 2. The lowest BCUT2D eigenvalue weighted by Crippen LogP contribution is -2.21. The third kappa shape index (κ3) is 6.11. The molecule has 0 spiro atoms. The summed E-state index contributed by atoms with van der Waals surface area (Å²) in [5.41, 5.74) is 5.04. The minimum atomic E-state index is -1.97. The highest BCUT2D eigenvalue weighted by molar-refractivity contribution is 7.62. The lowest BCUT2D eigenvalue weighted by molar-refractivity contribution is -0.121. The van der Waals surface area contributed by atoms with Crippen LogP contribution in [0.3, 0.4) is 0 Å². The molecular formula is C7H16NO2P. The van der Waals surface area contributed by atoms with Gasteiger partial charge in [-0.05, 0) is 19.8 Å². The van der Waals surface area contributed by atoms with Gasteiger partial charge in [-0.1, -0.05) is 6.92 Å². The fraction of sp³-hybridized carbons (Fsp3) is 0.857. The Bertz CT molecular complexity index is 185. The highest BCUT2D eigenvalue weighted by Crippen LogP contribution is 2.37. The quantitative estimate of drug-likeness (QED) is 0.654. The van der Waals surface area contributed by atoms with E-state index in [1.54, 1.807) is 20.3 Å². The molecule has 0 aromatic carbocycles. The van der Waals surface area contributed by atoms with Gasteiger partial charge in [-0.2, -0.15) is 0 Å². The molecule has 0 saturated carbocycles. The Morgan fingerprint density at radius 3 is 2.27 bits per heavy atom. The van der Waals surface area contributed by atoms with Crippen LogP contribution in [0.25, 0.3) is 0 Å². The molecule has 3 nitrogen and oxygen atoms in total. The van der Waals surface area contributed by atoms with Crippen LogP contribution >= 0.6 is 7.14 Å². The highest BCUT2D eigenvalue weighted by Gasteiger charge is 2.13. The van der Waals surface area contributed by atoms with Crippen LogP contribution in [0.1, 0.15) is 13.3 Å². The molecule has 0 aromatic rings. The molecular weight excluding hydrogens is 161 g/mol. The zero-order valence-corrected chi connectivity index (χ0v) is 8.23. The smallest absolute Gasteiger partial charge is 0.220 e. The molecule has 0 aliphatic rings. The largest absolute Gasteiger partial charge is 0.369 e. The Hall–Kier alpha value is -0.300. The Morgan fingerprint density at radius 1 is 1.55 bits per heavy atom. The predicted molar refractivity (Wildman–Crippen MR) is 47.3 cm³/mol. The summed E-state index contributed by atoms with van der Waals surface area (Å²) in [4.78, 5) is 10.5. The van der Waals surface area contributed by atoms with Gasteiger partial charge in [0.05, 0.1) is 7.14 Å². The Kier molecular flexibility index (Phi) is 3.81. The molecule has 0 aliphatic heterocycles. The van der Waals surface area contributed by atoms with Gasteiger partial charge < -0.3 is 10.3 Å². The molecule has 0 aromatic heterocycles. The number of hydrogen-bond donors (Lipinski definition) is 1. The Labute approximate surface area is 67.7 Å². The lowest BCUT2D eigenvalue weighted by Gasteiger charge is -2.09. The van der Waals surface area contributed by atoms with Crippen molar-refractivity contribution in [1.29, 1.82) is 0 Å². The summed E-state index contributed by atoms with van der Waals surface area (Å²) in [6.45, 7) is 5.21. The SMILES string of the molecule is CC(CCP(C)(C)=O)C(N)=O. The minimum Gasteiger partial charge on any atom is -0.369 e. The van der Waals surface area contributed by atoms with E-state index in [1.165, 1.54) is 0 Å². The molecule has 11 heavy (non-hydrogen) atoms. The second-order valence-electron chi connectivity index (χ2n) is 3.39. The van der Waals surface area contributed by atoms with Crippen molar-refractivity contribution in [3.05, 3.63) is 0 Å². The van der Waals surface area contributed by atoms with Crippen LogP contribution < -0.4 is 5.73 Å². The third-order valence-electron chi connectivity index (χ3n) is 1.59. The summed E-state index contributed by atoms with van der Waals surface area (Å²) < 4.78 is 11.2. The molecule has 0 aliphatic carbocycles. The van der Waals surface area contributed by atoms with Crippen molar-refractivity contribution >= 4 is 13.0 Å². The first-order chi connectivity index (χ1) is 4.83. The number of amides is 1. The maximum atomic E-state index is 11.2. The molecule has 66 valence electrons. The van der Waals surface area contributed by atoms with Gasteiger partial charge in [0.25, 0.3) is 0 Å². The molecule has 0 heterocycles. The van der Waals surface area contributed by atoms with Crippen LogP contribution in [0.15, 0.2) is 0 Å². The van der Waals surface area contributed by atoms with E-state index in [9.17, 15) is 9.36 Å². The zero-order chi connectivity index (χ0) is 9.07. The number of carbonyl (C=O) groups is 1. The molecule has 1 amide bonds. The Morgan fingerprint density at radius 2 is 2.00 bits per heavy atom. The topological polar surface area (TPSA) is 60.2 Å². The number of carbonyl (C=O) groups excluding carboxylic acids is 1. The van der Waals surface area contributed by atoms with Crippen molar-refractivity contribution in [3.63, 3.8) is 0 Å². The van der Waals surface area contributed by atoms with Crippen LogP contribution in [0.5, 0.6) is 0 Å². The van der Waals surface area contributed by atoms with Crippen LogP contribution in [-0.2, 0) is 9.36 Å². The summed E-state index contributed by atoms with van der Waals surface area (Å²) in [6, 6.07) is 0. The van der Waals surface area contributed by atoms with Gasteiger partial charge >= 0.3 is 0 Å². The molecule has 2 N–H and O–H groups in total. The lowest BCUT2D eigenvalue weighted by atomic mass is 10.1. The van der Waals surface area contributed by atoms with Gasteiger partial charge in [0.2, 0.25) is 5.91 Å². The first-order valence-electron chi connectivity index (χ1n) is 3.66. The maximum absolute atomic E-state index is 11.2. The molecule has 0 radical (unpaired) electrons. The maximum Gasteiger partial charge on any atom is 0.220 e. The summed E-state index contributed by atoms with van der Waals surface area (Å²) >= 11 is 0. The summed E-state index contributed by atoms with van der Waals surface area (Å²) in [6.07, 6.45) is 1.25. The number of rotatable bonds is 4. The highest BCUT2D eigenvalue weighted by atomic mass is 31.2. The second-order valence-corrected chi connectivity index (χ2v) is 6.98. The molecule has 1 unspecified atom stereocenters. The monoisotopic (exact) mass is 177 g/mol. The molecule has 0 fully saturated rings. The van der Waals surface area contributed by atoms with Crippen molar-refractivity contribution in [2.24, 2.45) is 11.7 Å². The number of nitrogens with two attached hydrogens (primary N) is 1. The first kappa shape index (κ1) is 10.7. The third-order valence-corrected chi connectivity index (χ3v) is 2.92. The van der Waals surface area contributed by atoms with Crippen molar-refractivity contribution in [2.75, 3.05) is 19.5 Å². The Balaban J connectivity index is 3.72. The van der Waals surface area contributed by atoms with Gasteiger partial charge in [0.15, 0.2) is 0 Å². The van der Waals surface area contributed by atoms with Gasteiger partial charge in [-0.15, -0.1) is 0 Å². The van der Waals surface area contributed by atoms with E-state index in [0.717, 1.165) is 0 Å². The molecule has 0 bridgehead atoms. The fourth-order valence-electron chi connectivity index (χ4n) is 0.647. The average Bonchev–Trinajstić information content (AvgIpc) is 1.80. The first-order valence-corrected chi connectivity index (χ1v) is 6.45. The van der Waals surface area contributed by atoms with E-state index in [0.29, 0.717) is 12.6 Å². The standard InChI is InChI=1S/C7H16NO2P/c1-6(7(8)9)4-5-11(2,3)10/h6H,4-5H2,1-3H3,(H2,8,9). The molecule has 1 atom stereocenters. The van der Waals surface area contributed by atoms with Crippen molar-refractivity contribution < 1.29 is 9.36 Å². The van der Waals surface area contributed by atoms with Gasteiger partial charge in [-0.3, -0.25) is 4.79 Å². The average molecular weight is 177 g/mol. The van der Waals surface area contributed by atoms with Gasteiger partial charge in [0, 0.05) is 12.1 Å². The van der Waals surface area contributed by atoms with Gasteiger partial charge in [0.1, 0.15) is 0 Å². The van der Waals surface area contributed by atoms with Crippen LogP contribution in [-0.4, -0.2) is 25.4 Å². The second kappa shape index (κ2) is 3.91. The van der Waals surface area contributed by atoms with E-state index >= 15 is 0 Å². The number of primary amides is 1. The molecule has 0 rings (SSSR count). The molecule has 4 heteroatoms. The van der Waals surface area contributed by atoms with Crippen LogP contribution in [0.2, 0.25) is 0 Å². The van der Waals surface area contributed by atoms with Crippen LogP contribution in [0, 0.1) is 5.92 Å². The summed E-state index contributed by atoms with van der Waals surface area (Å²) in [5.74, 6) is -0.457. The molecule has 0 saturated heterocycles. The van der Waals surface area contributed by atoms with E-state index in [1.807, 2.05) is 0 Å². The van der Waals surface area contributed by atoms with E-state index in [-0.39, 0.29) is 11.8 Å².